The summed E-state index contributed by atoms with van der Waals surface area (Å²) in [6, 6.07) is 3.81. The van der Waals surface area contributed by atoms with E-state index in [9.17, 15) is 4.79 Å². The maximum Gasteiger partial charge on any atom is 0.257 e. The molecule has 2 fully saturated rings. The largest absolute Gasteiger partial charge is 0.488 e. The van der Waals surface area contributed by atoms with Crippen molar-refractivity contribution in [1.82, 2.24) is 19.7 Å². The minimum Gasteiger partial charge on any atom is -0.488 e. The molecule has 2 aromatic heterocycles. The van der Waals surface area contributed by atoms with E-state index >= 15 is 0 Å². The van der Waals surface area contributed by atoms with Crippen molar-refractivity contribution in [2.75, 3.05) is 18.8 Å². The van der Waals surface area contributed by atoms with E-state index in [0.29, 0.717) is 5.56 Å². The van der Waals surface area contributed by atoms with E-state index in [1.165, 1.54) is 0 Å². The van der Waals surface area contributed by atoms with Crippen molar-refractivity contribution in [2.24, 2.45) is 7.05 Å². The Bertz CT molecular complexity index is 712. The Labute approximate surface area is 138 Å². The predicted molar refractivity (Wildman–Crippen MR) is 87.6 cm³/mol. The number of carbonyl (C=O) groups is 1. The molecule has 0 saturated carbocycles. The zero-order valence-electron chi connectivity index (χ0n) is 12.9. The lowest BCUT2D eigenvalue weighted by atomic mass is 9.92. The molecule has 23 heavy (non-hydrogen) atoms. The molecule has 1 spiro atoms. The summed E-state index contributed by atoms with van der Waals surface area (Å²) < 4.78 is 7.81. The summed E-state index contributed by atoms with van der Waals surface area (Å²) in [6.45, 7) is 1.58. The topological polar surface area (TPSA) is 60.2 Å². The van der Waals surface area contributed by atoms with E-state index in [1.54, 1.807) is 29.5 Å². The summed E-state index contributed by atoms with van der Waals surface area (Å²) in [5, 5.41) is 4.06. The van der Waals surface area contributed by atoms with Gasteiger partial charge in [-0.05, 0) is 12.1 Å². The van der Waals surface area contributed by atoms with E-state index in [1.807, 2.05) is 35.8 Å². The van der Waals surface area contributed by atoms with Crippen LogP contribution in [0.25, 0.3) is 0 Å². The van der Waals surface area contributed by atoms with Gasteiger partial charge in [-0.1, -0.05) is 0 Å². The number of hydrogen-bond acceptors (Lipinski definition) is 5. The van der Waals surface area contributed by atoms with Crippen LogP contribution < -0.4 is 4.74 Å². The Hall–Kier alpha value is -2.02. The number of thioether (sulfide) groups is 1. The molecule has 1 atom stereocenters. The second kappa shape index (κ2) is 5.56. The van der Waals surface area contributed by atoms with Crippen LogP contribution in [-0.4, -0.2) is 55.3 Å². The van der Waals surface area contributed by atoms with Gasteiger partial charge in [-0.25, -0.2) is 0 Å². The molecule has 6 nitrogen and oxygen atoms in total. The molecule has 0 aromatic carbocycles. The number of nitrogens with zero attached hydrogens (tertiary/aromatic N) is 4. The van der Waals surface area contributed by atoms with E-state index in [2.05, 4.69) is 10.1 Å². The van der Waals surface area contributed by atoms with Gasteiger partial charge in [0, 0.05) is 44.7 Å². The molecular weight excluding hydrogens is 312 g/mol. The summed E-state index contributed by atoms with van der Waals surface area (Å²) in [4.78, 5) is 18.4. The summed E-state index contributed by atoms with van der Waals surface area (Å²) >= 11 is 1.92. The number of ether oxygens (including phenoxy) is 1. The third kappa shape index (κ3) is 2.81. The molecule has 0 bridgehead atoms. The molecule has 2 aromatic rings. The van der Waals surface area contributed by atoms with Crippen molar-refractivity contribution in [3.05, 3.63) is 42.5 Å². The van der Waals surface area contributed by atoms with Gasteiger partial charge in [0.1, 0.15) is 11.9 Å². The third-order valence-corrected chi connectivity index (χ3v) is 5.89. The molecule has 4 rings (SSSR count). The van der Waals surface area contributed by atoms with Gasteiger partial charge in [-0.3, -0.25) is 14.5 Å². The minimum absolute atomic E-state index is 0.0703. The fraction of sp³-hybridized carbons (Fsp3) is 0.438. The first-order valence-electron chi connectivity index (χ1n) is 7.62. The van der Waals surface area contributed by atoms with Gasteiger partial charge in [0.25, 0.3) is 5.91 Å². The van der Waals surface area contributed by atoms with Crippen molar-refractivity contribution in [2.45, 2.75) is 17.3 Å². The molecule has 1 amide bonds. The Balaban J connectivity index is 1.33. The van der Waals surface area contributed by atoms with Crippen LogP contribution in [0, 0.1) is 0 Å². The molecular formula is C16H18N4O2S. The Morgan fingerprint density at radius 1 is 1.43 bits per heavy atom. The maximum absolute atomic E-state index is 12.4. The monoisotopic (exact) mass is 330 g/mol. The van der Waals surface area contributed by atoms with Gasteiger partial charge >= 0.3 is 0 Å². The second-order valence-corrected chi connectivity index (χ2v) is 7.68. The van der Waals surface area contributed by atoms with Gasteiger partial charge < -0.3 is 9.64 Å². The van der Waals surface area contributed by atoms with Crippen molar-refractivity contribution >= 4 is 17.7 Å². The summed E-state index contributed by atoms with van der Waals surface area (Å²) in [6.07, 6.45) is 8.05. The zero-order chi connectivity index (χ0) is 15.9. The van der Waals surface area contributed by atoms with Crippen molar-refractivity contribution in [1.29, 1.82) is 0 Å². The lowest BCUT2D eigenvalue weighted by Gasteiger charge is -2.47. The molecule has 0 radical (unpaired) electrons. The van der Waals surface area contributed by atoms with Crippen LogP contribution >= 0.6 is 11.8 Å². The lowest BCUT2D eigenvalue weighted by molar-refractivity contribution is 0.0518. The van der Waals surface area contributed by atoms with Crippen molar-refractivity contribution in [3.8, 4) is 5.75 Å². The Kier molecular flexibility index (Phi) is 3.52. The van der Waals surface area contributed by atoms with E-state index in [0.717, 1.165) is 31.0 Å². The zero-order valence-corrected chi connectivity index (χ0v) is 13.7. The Morgan fingerprint density at radius 3 is 3.00 bits per heavy atom. The predicted octanol–water partition coefficient (Wildman–Crippen LogP) is 1.59. The average molecular weight is 330 g/mol. The molecule has 2 aliphatic heterocycles. The molecule has 0 aliphatic carbocycles. The quantitative estimate of drug-likeness (QED) is 0.855. The number of rotatable bonds is 3. The number of amides is 1. The van der Waals surface area contributed by atoms with E-state index < -0.39 is 0 Å². The number of hydrogen-bond donors (Lipinski definition) is 0. The van der Waals surface area contributed by atoms with Crippen LogP contribution in [0.4, 0.5) is 0 Å². The lowest BCUT2D eigenvalue weighted by Crippen LogP contribution is -2.60. The Morgan fingerprint density at radius 2 is 2.30 bits per heavy atom. The smallest absolute Gasteiger partial charge is 0.257 e. The number of pyridine rings is 1. The van der Waals surface area contributed by atoms with Crippen LogP contribution in [-0.2, 0) is 7.05 Å². The van der Waals surface area contributed by atoms with Crippen LogP contribution in [0.1, 0.15) is 16.8 Å². The first-order valence-corrected chi connectivity index (χ1v) is 8.61. The highest BCUT2D eigenvalue weighted by atomic mass is 32.2. The maximum atomic E-state index is 12.4. The SMILES string of the molecule is Cn1cc(C(=O)N2CC3(C[C@H](Oc4cccnc4)CS3)C2)cn1. The standard InChI is InChI=1S/C16H18N4O2S/c1-19-8-12(6-18-19)15(21)20-10-16(11-20)5-14(9-23-16)22-13-3-2-4-17-7-13/h2-4,6-8,14H,5,9-11H2,1H3/t14-/m0/s1. The number of carbonyl (C=O) groups excluding carboxylic acids is 1. The minimum atomic E-state index is 0.0703. The molecule has 4 heterocycles. The molecule has 120 valence electrons. The van der Waals surface area contributed by atoms with Gasteiger partial charge in [0.15, 0.2) is 0 Å². The first kappa shape index (κ1) is 14.6. The normalized spacial score (nSPS) is 22.1. The summed E-state index contributed by atoms with van der Waals surface area (Å²) in [5.41, 5.74) is 0.661. The van der Waals surface area contributed by atoms with Gasteiger partial charge in [0.05, 0.1) is 22.7 Å². The van der Waals surface area contributed by atoms with Crippen LogP contribution in [0.5, 0.6) is 5.75 Å². The fourth-order valence-corrected chi connectivity index (χ4v) is 4.74. The highest BCUT2D eigenvalue weighted by molar-refractivity contribution is 8.01. The number of aromatic nitrogens is 3. The summed E-state index contributed by atoms with van der Waals surface area (Å²) in [7, 11) is 1.82. The van der Waals surface area contributed by atoms with E-state index in [-0.39, 0.29) is 16.8 Å². The van der Waals surface area contributed by atoms with Gasteiger partial charge in [-0.2, -0.15) is 5.10 Å². The van der Waals surface area contributed by atoms with E-state index in [4.69, 9.17) is 4.74 Å². The number of aryl methyl sites for hydroxylation is 1. The van der Waals surface area contributed by atoms with Gasteiger partial charge in [0.2, 0.25) is 0 Å². The molecule has 2 aliphatic rings. The van der Waals surface area contributed by atoms with Crippen LogP contribution in [0.2, 0.25) is 0 Å². The first-order chi connectivity index (χ1) is 11.1. The van der Waals surface area contributed by atoms with Gasteiger partial charge in [-0.15, -0.1) is 11.8 Å². The third-order valence-electron chi connectivity index (χ3n) is 4.31. The molecule has 0 N–H and O–H groups in total. The van der Waals surface area contributed by atoms with Crippen LogP contribution in [0.3, 0.4) is 0 Å². The number of likely N-dealkylation sites (tertiary alicyclic amines) is 1. The second-order valence-electron chi connectivity index (χ2n) is 6.19. The average Bonchev–Trinajstić information content (AvgIpc) is 3.13. The summed E-state index contributed by atoms with van der Waals surface area (Å²) in [5.74, 6) is 1.85. The van der Waals surface area contributed by atoms with Crippen LogP contribution in [0.15, 0.2) is 36.9 Å². The van der Waals surface area contributed by atoms with Crippen molar-refractivity contribution < 1.29 is 9.53 Å². The molecule has 2 saturated heterocycles. The highest BCUT2D eigenvalue weighted by Gasteiger charge is 2.51. The van der Waals surface area contributed by atoms with Crippen molar-refractivity contribution in [3.63, 3.8) is 0 Å². The molecule has 7 heteroatoms. The highest BCUT2D eigenvalue weighted by Crippen LogP contribution is 2.46. The molecule has 0 unspecified atom stereocenters. The fourth-order valence-electron chi connectivity index (χ4n) is 3.22.